The normalized spacial score (nSPS) is 15.7. The first-order chi connectivity index (χ1) is 12.9. The van der Waals surface area contributed by atoms with Gasteiger partial charge in [-0.15, -0.1) is 0 Å². The highest BCUT2D eigenvalue weighted by molar-refractivity contribution is 7.89. The van der Waals surface area contributed by atoms with E-state index in [2.05, 4.69) is 14.6 Å². The number of benzene rings is 1. The topological polar surface area (TPSA) is 109 Å². The monoisotopic (exact) mass is 391 g/mol. The Morgan fingerprint density at radius 3 is 2.56 bits per heavy atom. The number of hydrogen-bond donors (Lipinski definition) is 1. The number of sulfonamides is 1. The molecule has 27 heavy (non-hydrogen) atoms. The number of rotatable bonds is 6. The lowest BCUT2D eigenvalue weighted by molar-refractivity contribution is -0.384. The largest absolute Gasteiger partial charge is 0.363 e. The van der Waals surface area contributed by atoms with Gasteiger partial charge in [-0.3, -0.25) is 20.0 Å². The minimum absolute atomic E-state index is 0.115. The van der Waals surface area contributed by atoms with Gasteiger partial charge in [0.25, 0.3) is 5.69 Å². The van der Waals surface area contributed by atoms with E-state index in [1.807, 2.05) is 23.2 Å². The molecule has 1 aromatic heterocycles. The molecule has 0 atom stereocenters. The SMILES string of the molecule is CNS(=O)(=O)c1ccc(N2CCN(Cc3cccnc3)CC2)c([N+](=O)[O-])c1. The number of pyridine rings is 1. The highest BCUT2D eigenvalue weighted by Crippen LogP contribution is 2.31. The zero-order valence-corrected chi connectivity index (χ0v) is 15.7. The summed E-state index contributed by atoms with van der Waals surface area (Å²) >= 11 is 0. The fourth-order valence-corrected chi connectivity index (χ4v) is 3.85. The van der Waals surface area contributed by atoms with E-state index in [0.29, 0.717) is 18.8 Å². The Labute approximate surface area is 157 Å². The van der Waals surface area contributed by atoms with Gasteiger partial charge in [0.05, 0.1) is 9.82 Å². The summed E-state index contributed by atoms with van der Waals surface area (Å²) in [6.45, 7) is 3.53. The van der Waals surface area contributed by atoms with E-state index in [-0.39, 0.29) is 10.6 Å². The van der Waals surface area contributed by atoms with E-state index in [9.17, 15) is 18.5 Å². The first-order valence-corrected chi connectivity index (χ1v) is 9.97. The fraction of sp³-hybridized carbons (Fsp3) is 0.353. The second-order valence-corrected chi connectivity index (χ2v) is 8.13. The van der Waals surface area contributed by atoms with Crippen molar-refractivity contribution in [2.45, 2.75) is 11.4 Å². The summed E-state index contributed by atoms with van der Waals surface area (Å²) in [6.07, 6.45) is 3.57. The second kappa shape index (κ2) is 7.99. The molecule has 0 amide bonds. The zero-order valence-electron chi connectivity index (χ0n) is 14.9. The van der Waals surface area contributed by atoms with E-state index in [1.54, 1.807) is 6.20 Å². The Balaban J connectivity index is 1.74. The summed E-state index contributed by atoms with van der Waals surface area (Å²) in [4.78, 5) is 19.1. The Morgan fingerprint density at radius 2 is 1.96 bits per heavy atom. The van der Waals surface area contributed by atoms with Crippen molar-refractivity contribution in [2.24, 2.45) is 0 Å². The first-order valence-electron chi connectivity index (χ1n) is 8.49. The van der Waals surface area contributed by atoms with Gasteiger partial charge < -0.3 is 4.90 Å². The van der Waals surface area contributed by atoms with Crippen molar-refractivity contribution in [3.63, 3.8) is 0 Å². The van der Waals surface area contributed by atoms with Crippen LogP contribution in [0.2, 0.25) is 0 Å². The zero-order chi connectivity index (χ0) is 19.4. The lowest BCUT2D eigenvalue weighted by atomic mass is 10.2. The molecule has 0 bridgehead atoms. The van der Waals surface area contributed by atoms with Gasteiger partial charge in [-0.05, 0) is 30.8 Å². The molecule has 0 unspecified atom stereocenters. The number of nitrogens with one attached hydrogen (secondary N) is 1. The molecule has 10 heteroatoms. The third kappa shape index (κ3) is 4.41. The van der Waals surface area contributed by atoms with Crippen LogP contribution in [-0.4, -0.2) is 56.5 Å². The summed E-state index contributed by atoms with van der Waals surface area (Å²) in [5.74, 6) is 0. The second-order valence-electron chi connectivity index (χ2n) is 6.24. The summed E-state index contributed by atoms with van der Waals surface area (Å²) in [5, 5.41) is 11.5. The number of hydrogen-bond acceptors (Lipinski definition) is 7. The fourth-order valence-electron chi connectivity index (χ4n) is 3.10. The van der Waals surface area contributed by atoms with E-state index >= 15 is 0 Å². The van der Waals surface area contributed by atoms with Crippen molar-refractivity contribution >= 4 is 21.4 Å². The van der Waals surface area contributed by atoms with E-state index in [0.717, 1.165) is 31.3 Å². The molecule has 0 spiro atoms. The maximum atomic E-state index is 11.9. The Kier molecular flexibility index (Phi) is 5.68. The van der Waals surface area contributed by atoms with Crippen molar-refractivity contribution in [2.75, 3.05) is 38.1 Å². The number of nitrogens with zero attached hydrogens (tertiary/aromatic N) is 4. The summed E-state index contributed by atoms with van der Waals surface area (Å²) in [5.41, 5.74) is 1.36. The molecule has 3 rings (SSSR count). The molecular formula is C17H21N5O4S. The highest BCUT2D eigenvalue weighted by atomic mass is 32.2. The van der Waals surface area contributed by atoms with Crippen LogP contribution in [0.5, 0.6) is 0 Å². The smallest absolute Gasteiger partial charge is 0.293 e. The van der Waals surface area contributed by atoms with Gasteiger partial charge >= 0.3 is 0 Å². The molecule has 1 N–H and O–H groups in total. The molecule has 9 nitrogen and oxygen atoms in total. The number of aromatic nitrogens is 1. The van der Waals surface area contributed by atoms with E-state index in [1.165, 1.54) is 19.2 Å². The summed E-state index contributed by atoms with van der Waals surface area (Å²) in [7, 11) is -2.46. The Morgan fingerprint density at radius 1 is 1.22 bits per heavy atom. The van der Waals surface area contributed by atoms with Crippen LogP contribution >= 0.6 is 0 Å². The molecule has 2 heterocycles. The predicted octanol–water partition coefficient (Wildman–Crippen LogP) is 1.22. The standard InChI is InChI=1S/C17H21N5O4S/c1-18-27(25,26)15-4-5-16(17(11-15)22(23)24)21-9-7-20(8-10-21)13-14-3-2-6-19-12-14/h2-6,11-12,18H,7-10,13H2,1H3. The lowest BCUT2D eigenvalue weighted by Gasteiger charge is -2.35. The number of nitro benzene ring substituents is 1. The predicted molar refractivity (Wildman–Crippen MR) is 101 cm³/mol. The van der Waals surface area contributed by atoms with Gasteiger partial charge in [-0.1, -0.05) is 6.07 Å². The van der Waals surface area contributed by atoms with Crippen LogP contribution in [0, 0.1) is 10.1 Å². The molecule has 0 radical (unpaired) electrons. The van der Waals surface area contributed by atoms with Crippen molar-refractivity contribution in [1.29, 1.82) is 0 Å². The van der Waals surface area contributed by atoms with Gasteiger partial charge in [0.15, 0.2) is 0 Å². The molecule has 2 aromatic rings. The van der Waals surface area contributed by atoms with Crippen LogP contribution in [0.1, 0.15) is 5.56 Å². The number of nitro groups is 1. The molecule has 1 aliphatic rings. The average Bonchev–Trinajstić information content (AvgIpc) is 2.69. The molecular weight excluding hydrogens is 370 g/mol. The van der Waals surface area contributed by atoms with Crippen LogP contribution < -0.4 is 9.62 Å². The first kappa shape index (κ1) is 19.2. The average molecular weight is 391 g/mol. The van der Waals surface area contributed by atoms with Gasteiger partial charge in [0.2, 0.25) is 10.0 Å². The van der Waals surface area contributed by atoms with Crippen LogP contribution in [-0.2, 0) is 16.6 Å². The van der Waals surface area contributed by atoms with Gasteiger partial charge in [0, 0.05) is 51.2 Å². The minimum Gasteiger partial charge on any atom is -0.363 e. The number of piperazine rings is 1. The molecule has 1 aliphatic heterocycles. The quantitative estimate of drug-likeness (QED) is 0.582. The van der Waals surface area contributed by atoms with Crippen molar-refractivity contribution in [3.05, 3.63) is 58.4 Å². The van der Waals surface area contributed by atoms with Crippen LogP contribution in [0.15, 0.2) is 47.6 Å². The Hall–Kier alpha value is -2.56. The van der Waals surface area contributed by atoms with Gasteiger partial charge in [-0.2, -0.15) is 0 Å². The van der Waals surface area contributed by atoms with Crippen molar-refractivity contribution < 1.29 is 13.3 Å². The van der Waals surface area contributed by atoms with Gasteiger partial charge in [0.1, 0.15) is 5.69 Å². The molecule has 1 saturated heterocycles. The van der Waals surface area contributed by atoms with Crippen LogP contribution in [0.3, 0.4) is 0 Å². The third-order valence-corrected chi connectivity index (χ3v) is 5.98. The van der Waals surface area contributed by atoms with E-state index < -0.39 is 14.9 Å². The molecule has 0 saturated carbocycles. The van der Waals surface area contributed by atoms with E-state index in [4.69, 9.17) is 0 Å². The summed E-state index contributed by atoms with van der Waals surface area (Å²) in [6, 6.07) is 7.94. The lowest BCUT2D eigenvalue weighted by Crippen LogP contribution is -2.46. The maximum Gasteiger partial charge on any atom is 0.293 e. The molecule has 0 aliphatic carbocycles. The minimum atomic E-state index is -3.73. The van der Waals surface area contributed by atoms with Crippen LogP contribution in [0.4, 0.5) is 11.4 Å². The number of anilines is 1. The molecule has 144 valence electrons. The maximum absolute atomic E-state index is 11.9. The third-order valence-electron chi connectivity index (χ3n) is 4.56. The Bertz CT molecular complexity index is 912. The van der Waals surface area contributed by atoms with Crippen molar-refractivity contribution in [1.82, 2.24) is 14.6 Å². The summed E-state index contributed by atoms with van der Waals surface area (Å²) < 4.78 is 26.0. The van der Waals surface area contributed by atoms with Crippen LogP contribution in [0.25, 0.3) is 0 Å². The van der Waals surface area contributed by atoms with Gasteiger partial charge in [-0.25, -0.2) is 13.1 Å². The molecule has 1 aromatic carbocycles. The van der Waals surface area contributed by atoms with Crippen molar-refractivity contribution in [3.8, 4) is 0 Å². The highest BCUT2D eigenvalue weighted by Gasteiger charge is 2.26. The molecule has 1 fully saturated rings.